The van der Waals surface area contributed by atoms with Crippen LogP contribution in [-0.4, -0.2) is 57.2 Å². The number of anilines is 2. The molecule has 2 aromatic rings. The molecule has 0 unspecified atom stereocenters. The van der Waals surface area contributed by atoms with Gasteiger partial charge in [0.25, 0.3) is 5.91 Å². The number of methoxy groups -OCH3 is 2. The third kappa shape index (κ3) is 5.36. The van der Waals surface area contributed by atoms with Crippen LogP contribution in [0.4, 0.5) is 11.4 Å². The second kappa shape index (κ2) is 8.89. The van der Waals surface area contributed by atoms with Crippen molar-refractivity contribution in [3.63, 3.8) is 0 Å². The van der Waals surface area contributed by atoms with Crippen LogP contribution < -0.4 is 20.1 Å². The second-order valence-corrected chi connectivity index (χ2v) is 5.68. The van der Waals surface area contributed by atoms with E-state index in [1.807, 2.05) is 20.2 Å². The van der Waals surface area contributed by atoms with E-state index in [0.29, 0.717) is 22.9 Å². The van der Waals surface area contributed by atoms with E-state index in [1.165, 1.54) is 7.11 Å². The first-order valence-corrected chi connectivity index (χ1v) is 7.91. The molecule has 25 heavy (non-hydrogen) atoms. The number of carbonyl (C=O) groups is 1. The molecule has 0 fully saturated rings. The van der Waals surface area contributed by atoms with Crippen molar-refractivity contribution in [2.75, 3.05) is 52.0 Å². The van der Waals surface area contributed by atoms with Crippen molar-refractivity contribution in [2.45, 2.75) is 0 Å². The van der Waals surface area contributed by atoms with Crippen LogP contribution in [0.2, 0.25) is 0 Å². The van der Waals surface area contributed by atoms with Crippen LogP contribution in [0.5, 0.6) is 11.5 Å². The average Bonchev–Trinajstić information content (AvgIpc) is 2.62. The fraction of sp³-hybridized carbons (Fsp3) is 0.333. The Morgan fingerprint density at radius 2 is 1.96 bits per heavy atom. The van der Waals surface area contributed by atoms with Gasteiger partial charge in [0.1, 0.15) is 17.2 Å². The summed E-state index contributed by atoms with van der Waals surface area (Å²) in [7, 11) is 7.13. The summed E-state index contributed by atoms with van der Waals surface area (Å²) in [6, 6.07) is 8.75. The molecule has 2 rings (SSSR count). The maximum absolute atomic E-state index is 12.5. The van der Waals surface area contributed by atoms with Gasteiger partial charge in [-0.25, -0.2) is 0 Å². The lowest BCUT2D eigenvalue weighted by Gasteiger charge is -2.13. The molecule has 0 saturated heterocycles. The Bertz CT molecular complexity index is 719. The fourth-order valence-electron chi connectivity index (χ4n) is 2.18. The van der Waals surface area contributed by atoms with E-state index in [0.717, 1.165) is 18.8 Å². The summed E-state index contributed by atoms with van der Waals surface area (Å²) in [4.78, 5) is 18.7. The number of rotatable bonds is 8. The lowest BCUT2D eigenvalue weighted by Crippen LogP contribution is -2.21. The van der Waals surface area contributed by atoms with E-state index < -0.39 is 0 Å². The molecule has 1 aromatic heterocycles. The standard InChI is InChI=1S/C18H24N4O3/c1-22(2)10-9-19-13-7-8-20-16(11-13)18(23)21-15-6-5-14(24-3)12-17(15)25-4/h5-8,11-12H,9-10H2,1-4H3,(H,19,20)(H,21,23). The topological polar surface area (TPSA) is 75.7 Å². The Hall–Kier alpha value is -2.80. The van der Waals surface area contributed by atoms with E-state index >= 15 is 0 Å². The second-order valence-electron chi connectivity index (χ2n) is 5.68. The first kappa shape index (κ1) is 18.5. The fourth-order valence-corrected chi connectivity index (χ4v) is 2.18. The lowest BCUT2D eigenvalue weighted by molar-refractivity contribution is 0.102. The summed E-state index contributed by atoms with van der Waals surface area (Å²) in [6.07, 6.45) is 1.61. The largest absolute Gasteiger partial charge is 0.497 e. The number of carbonyl (C=O) groups excluding carboxylic acids is 1. The molecule has 0 atom stereocenters. The van der Waals surface area contributed by atoms with Gasteiger partial charge in [0.2, 0.25) is 0 Å². The number of amides is 1. The molecule has 0 radical (unpaired) electrons. The third-order valence-corrected chi connectivity index (χ3v) is 3.54. The summed E-state index contributed by atoms with van der Waals surface area (Å²) < 4.78 is 10.4. The minimum absolute atomic E-state index is 0.306. The first-order chi connectivity index (χ1) is 12.0. The van der Waals surface area contributed by atoms with E-state index in [2.05, 4.69) is 20.5 Å². The van der Waals surface area contributed by atoms with Crippen molar-refractivity contribution in [3.05, 3.63) is 42.2 Å². The molecule has 1 heterocycles. The van der Waals surface area contributed by atoms with Gasteiger partial charge >= 0.3 is 0 Å². The van der Waals surface area contributed by atoms with Crippen LogP contribution in [0, 0.1) is 0 Å². The van der Waals surface area contributed by atoms with Crippen LogP contribution in [-0.2, 0) is 0 Å². The van der Waals surface area contributed by atoms with Gasteiger partial charge in [-0.3, -0.25) is 9.78 Å². The van der Waals surface area contributed by atoms with Gasteiger partial charge in [-0.15, -0.1) is 0 Å². The molecule has 1 aromatic carbocycles. The van der Waals surface area contributed by atoms with E-state index in [1.54, 1.807) is 37.6 Å². The zero-order valence-electron chi connectivity index (χ0n) is 15.0. The Kier molecular flexibility index (Phi) is 6.59. The summed E-state index contributed by atoms with van der Waals surface area (Å²) in [5, 5.41) is 6.08. The van der Waals surface area contributed by atoms with E-state index in [-0.39, 0.29) is 5.91 Å². The maximum Gasteiger partial charge on any atom is 0.274 e. The highest BCUT2D eigenvalue weighted by molar-refractivity contribution is 6.04. The zero-order chi connectivity index (χ0) is 18.2. The highest BCUT2D eigenvalue weighted by Gasteiger charge is 2.12. The molecule has 0 spiro atoms. The number of aromatic nitrogens is 1. The SMILES string of the molecule is COc1ccc(NC(=O)c2cc(NCCN(C)C)ccn2)c(OC)c1. The lowest BCUT2D eigenvalue weighted by atomic mass is 10.2. The molecule has 1 amide bonds. The van der Waals surface area contributed by atoms with Crippen molar-refractivity contribution in [2.24, 2.45) is 0 Å². The Balaban J connectivity index is 2.08. The van der Waals surface area contributed by atoms with Crippen LogP contribution in [0.1, 0.15) is 10.5 Å². The van der Waals surface area contributed by atoms with Gasteiger partial charge in [0, 0.05) is 31.0 Å². The first-order valence-electron chi connectivity index (χ1n) is 7.91. The number of likely N-dealkylation sites (N-methyl/N-ethyl adjacent to an activating group) is 1. The van der Waals surface area contributed by atoms with Gasteiger partial charge in [-0.1, -0.05) is 0 Å². The molecular formula is C18H24N4O3. The summed E-state index contributed by atoms with van der Waals surface area (Å²) in [6.45, 7) is 1.68. The number of nitrogens with one attached hydrogen (secondary N) is 2. The van der Waals surface area contributed by atoms with Crippen molar-refractivity contribution >= 4 is 17.3 Å². The molecule has 7 heteroatoms. The van der Waals surface area contributed by atoms with Crippen molar-refractivity contribution < 1.29 is 14.3 Å². The molecule has 0 aliphatic heterocycles. The summed E-state index contributed by atoms with van der Waals surface area (Å²) in [5.41, 5.74) is 1.73. The van der Waals surface area contributed by atoms with Gasteiger partial charge in [0.15, 0.2) is 0 Å². The normalized spacial score (nSPS) is 10.4. The number of benzene rings is 1. The minimum Gasteiger partial charge on any atom is -0.497 e. The summed E-state index contributed by atoms with van der Waals surface area (Å²) >= 11 is 0. The van der Waals surface area contributed by atoms with Gasteiger partial charge in [-0.2, -0.15) is 0 Å². The van der Waals surface area contributed by atoms with Crippen LogP contribution in [0.15, 0.2) is 36.5 Å². The number of nitrogens with zero attached hydrogens (tertiary/aromatic N) is 2. The highest BCUT2D eigenvalue weighted by atomic mass is 16.5. The number of hydrogen-bond acceptors (Lipinski definition) is 6. The van der Waals surface area contributed by atoms with Crippen LogP contribution in [0.3, 0.4) is 0 Å². The molecule has 0 bridgehead atoms. The Labute approximate surface area is 148 Å². The molecule has 2 N–H and O–H groups in total. The molecule has 134 valence electrons. The smallest absolute Gasteiger partial charge is 0.274 e. The third-order valence-electron chi connectivity index (χ3n) is 3.54. The van der Waals surface area contributed by atoms with Gasteiger partial charge in [-0.05, 0) is 38.4 Å². The van der Waals surface area contributed by atoms with Crippen molar-refractivity contribution in [3.8, 4) is 11.5 Å². The molecule has 0 saturated carbocycles. The molecule has 7 nitrogen and oxygen atoms in total. The van der Waals surface area contributed by atoms with Gasteiger partial charge in [0.05, 0.1) is 19.9 Å². The molecule has 0 aliphatic carbocycles. The Morgan fingerprint density at radius 3 is 2.64 bits per heavy atom. The van der Waals surface area contributed by atoms with Crippen molar-refractivity contribution in [1.29, 1.82) is 0 Å². The van der Waals surface area contributed by atoms with Crippen LogP contribution in [0.25, 0.3) is 0 Å². The predicted octanol–water partition coefficient (Wildman–Crippen LogP) is 2.32. The molecule has 0 aliphatic rings. The number of hydrogen-bond donors (Lipinski definition) is 2. The zero-order valence-corrected chi connectivity index (χ0v) is 15.0. The van der Waals surface area contributed by atoms with E-state index in [4.69, 9.17) is 9.47 Å². The predicted molar refractivity (Wildman–Crippen MR) is 98.8 cm³/mol. The van der Waals surface area contributed by atoms with Crippen LogP contribution >= 0.6 is 0 Å². The average molecular weight is 344 g/mol. The molecular weight excluding hydrogens is 320 g/mol. The number of pyridine rings is 1. The minimum atomic E-state index is -0.306. The Morgan fingerprint density at radius 1 is 1.16 bits per heavy atom. The summed E-state index contributed by atoms with van der Waals surface area (Å²) in [5.74, 6) is 0.868. The van der Waals surface area contributed by atoms with Crippen molar-refractivity contribution in [1.82, 2.24) is 9.88 Å². The van der Waals surface area contributed by atoms with Gasteiger partial charge < -0.3 is 25.0 Å². The quantitative estimate of drug-likeness (QED) is 0.765. The number of ether oxygens (including phenoxy) is 2. The maximum atomic E-state index is 12.5. The highest BCUT2D eigenvalue weighted by Crippen LogP contribution is 2.29. The monoisotopic (exact) mass is 344 g/mol. The van der Waals surface area contributed by atoms with E-state index in [9.17, 15) is 4.79 Å².